The van der Waals surface area contributed by atoms with Gasteiger partial charge >= 0.3 is 0 Å². The lowest BCUT2D eigenvalue weighted by Crippen LogP contribution is -2.22. The standard InChI is InChI=1S/C35H35FN4O6/c1-20-23(5-3-6-24(20)34-38-31-32(46-34)28(36)19-40(15-16-41)35(31)43)25-7-4-8-27-26(25)10-11-29(27)45-30-12-9-21(33(37-30)44-2)17-39-14-13-22(42)18-39/h3-9,12,19,22,29,41-42H,10-11,13-18H2,1-2H3/t22-,29+/m1/s1. The first kappa shape index (κ1) is 30.1. The molecule has 4 heterocycles. The second-order valence-corrected chi connectivity index (χ2v) is 11.9. The highest BCUT2D eigenvalue weighted by Gasteiger charge is 2.29. The molecule has 11 heteroatoms. The van der Waals surface area contributed by atoms with E-state index in [0.717, 1.165) is 64.4 Å². The Morgan fingerprint density at radius 1 is 1.07 bits per heavy atom. The maximum Gasteiger partial charge on any atom is 0.280 e. The Labute approximate surface area is 264 Å². The zero-order chi connectivity index (χ0) is 31.9. The van der Waals surface area contributed by atoms with Crippen LogP contribution in [0.1, 0.15) is 41.2 Å². The van der Waals surface area contributed by atoms with Gasteiger partial charge in [0.15, 0.2) is 16.9 Å². The highest BCUT2D eigenvalue weighted by Crippen LogP contribution is 2.42. The largest absolute Gasteiger partial charge is 0.481 e. The summed E-state index contributed by atoms with van der Waals surface area (Å²) in [6, 6.07) is 15.8. The fourth-order valence-electron chi connectivity index (χ4n) is 6.71. The van der Waals surface area contributed by atoms with E-state index in [1.807, 2.05) is 43.3 Å². The summed E-state index contributed by atoms with van der Waals surface area (Å²) in [4.78, 5) is 24.1. The molecule has 2 N–H and O–H groups in total. The van der Waals surface area contributed by atoms with E-state index in [2.05, 4.69) is 27.0 Å². The molecule has 0 unspecified atom stereocenters. The van der Waals surface area contributed by atoms with Crippen LogP contribution in [0, 0.1) is 12.7 Å². The summed E-state index contributed by atoms with van der Waals surface area (Å²) in [5, 5.41) is 19.1. The van der Waals surface area contributed by atoms with Crippen LogP contribution in [0.2, 0.25) is 0 Å². The van der Waals surface area contributed by atoms with E-state index in [1.54, 1.807) is 7.11 Å². The average Bonchev–Trinajstić information content (AvgIpc) is 3.80. The van der Waals surface area contributed by atoms with Gasteiger partial charge in [0, 0.05) is 49.6 Å². The molecule has 1 saturated heterocycles. The van der Waals surface area contributed by atoms with Crippen LogP contribution < -0.4 is 15.0 Å². The fraction of sp³-hybridized carbons (Fsp3) is 0.343. The molecule has 3 aromatic heterocycles. The molecule has 7 rings (SSSR count). The van der Waals surface area contributed by atoms with E-state index < -0.39 is 11.4 Å². The number of hydrogen-bond acceptors (Lipinski definition) is 9. The minimum atomic E-state index is -0.712. The highest BCUT2D eigenvalue weighted by atomic mass is 19.1. The molecule has 10 nitrogen and oxygen atoms in total. The minimum absolute atomic E-state index is 0.0361. The number of methoxy groups -OCH3 is 1. The van der Waals surface area contributed by atoms with Crippen LogP contribution >= 0.6 is 0 Å². The van der Waals surface area contributed by atoms with E-state index in [-0.39, 0.29) is 42.4 Å². The van der Waals surface area contributed by atoms with Crippen molar-refractivity contribution in [2.75, 3.05) is 26.8 Å². The smallest absolute Gasteiger partial charge is 0.280 e. The molecule has 46 heavy (non-hydrogen) atoms. The summed E-state index contributed by atoms with van der Waals surface area (Å²) in [5.74, 6) is 0.454. The van der Waals surface area contributed by atoms with E-state index in [0.29, 0.717) is 30.4 Å². The minimum Gasteiger partial charge on any atom is -0.481 e. The number of halogens is 1. The Bertz CT molecular complexity index is 1990. The molecule has 2 atom stereocenters. The van der Waals surface area contributed by atoms with Crippen LogP contribution in [-0.4, -0.2) is 62.6 Å². The monoisotopic (exact) mass is 626 g/mol. The maximum atomic E-state index is 14.8. The number of aliphatic hydroxyl groups excluding tert-OH is 2. The van der Waals surface area contributed by atoms with E-state index in [9.17, 15) is 19.4 Å². The molecule has 0 bridgehead atoms. The topological polar surface area (TPSA) is 123 Å². The number of pyridine rings is 2. The third-order valence-corrected chi connectivity index (χ3v) is 9.00. The van der Waals surface area contributed by atoms with Gasteiger partial charge in [-0.05, 0) is 66.1 Å². The SMILES string of the molecule is COc1nc(O[C@H]2CCc3c(-c4cccc(-c5nc6c(=O)n(CCO)cc(F)c6o5)c4C)cccc32)ccc1CN1CC[C@@H](O)C1. The summed E-state index contributed by atoms with van der Waals surface area (Å²) in [7, 11) is 1.60. The Hall–Kier alpha value is -4.58. The van der Waals surface area contributed by atoms with Crippen molar-refractivity contribution in [2.45, 2.75) is 51.5 Å². The third-order valence-electron chi connectivity index (χ3n) is 9.00. The summed E-state index contributed by atoms with van der Waals surface area (Å²) in [6.45, 7) is 3.76. The van der Waals surface area contributed by atoms with Crippen molar-refractivity contribution in [3.05, 3.63) is 93.2 Å². The van der Waals surface area contributed by atoms with Crippen LogP contribution in [0.15, 0.2) is 63.9 Å². The number of likely N-dealkylation sites (tertiary alicyclic amines) is 1. The fourth-order valence-corrected chi connectivity index (χ4v) is 6.71. The molecule has 1 aliphatic carbocycles. The first-order valence-electron chi connectivity index (χ1n) is 15.5. The van der Waals surface area contributed by atoms with Crippen molar-refractivity contribution in [1.29, 1.82) is 0 Å². The molecule has 238 valence electrons. The third kappa shape index (κ3) is 5.44. The number of rotatable bonds is 9. The molecule has 0 amide bonds. The number of benzene rings is 2. The van der Waals surface area contributed by atoms with E-state index in [1.165, 1.54) is 5.56 Å². The number of β-amino-alcohol motifs (C(OH)–C–C–N with tert-alkyl or cyclic N) is 1. The van der Waals surface area contributed by atoms with Gasteiger partial charge in [-0.1, -0.05) is 30.3 Å². The maximum absolute atomic E-state index is 14.8. The number of aromatic nitrogens is 3. The molecule has 0 radical (unpaired) electrons. The number of nitrogens with zero attached hydrogens (tertiary/aromatic N) is 4. The number of fused-ring (bicyclic) bond motifs is 2. The molecule has 5 aromatic rings. The zero-order valence-corrected chi connectivity index (χ0v) is 25.7. The van der Waals surface area contributed by atoms with Crippen molar-refractivity contribution in [3.8, 4) is 34.3 Å². The van der Waals surface area contributed by atoms with Crippen LogP contribution in [0.4, 0.5) is 4.39 Å². The lowest BCUT2D eigenvalue weighted by Gasteiger charge is -2.19. The van der Waals surface area contributed by atoms with Crippen molar-refractivity contribution in [3.63, 3.8) is 0 Å². The predicted octanol–water partition coefficient (Wildman–Crippen LogP) is 4.80. The molecule has 2 aliphatic rings. The van der Waals surface area contributed by atoms with Gasteiger partial charge in [-0.15, -0.1) is 0 Å². The van der Waals surface area contributed by atoms with Crippen LogP contribution in [0.5, 0.6) is 11.8 Å². The zero-order valence-electron chi connectivity index (χ0n) is 25.7. The second kappa shape index (κ2) is 12.3. The lowest BCUT2D eigenvalue weighted by atomic mass is 9.91. The first-order chi connectivity index (χ1) is 22.3. The predicted molar refractivity (Wildman–Crippen MR) is 169 cm³/mol. The van der Waals surface area contributed by atoms with Gasteiger partial charge in [0.25, 0.3) is 5.56 Å². The van der Waals surface area contributed by atoms with Gasteiger partial charge in [-0.25, -0.2) is 9.37 Å². The molecule has 0 spiro atoms. The first-order valence-corrected chi connectivity index (χ1v) is 15.5. The normalized spacial score (nSPS) is 17.9. The van der Waals surface area contributed by atoms with Crippen LogP contribution in [0.3, 0.4) is 0 Å². The quantitative estimate of drug-likeness (QED) is 0.238. The molecular formula is C35H35FN4O6. The van der Waals surface area contributed by atoms with Crippen LogP contribution in [0.25, 0.3) is 33.7 Å². The van der Waals surface area contributed by atoms with Gasteiger partial charge in [-0.2, -0.15) is 4.98 Å². The Balaban J connectivity index is 1.17. The van der Waals surface area contributed by atoms with Gasteiger partial charge in [0.05, 0.1) is 19.8 Å². The lowest BCUT2D eigenvalue weighted by molar-refractivity contribution is 0.174. The molecule has 1 fully saturated rings. The van der Waals surface area contributed by atoms with Gasteiger partial charge < -0.3 is 28.7 Å². The van der Waals surface area contributed by atoms with Crippen LogP contribution in [-0.2, 0) is 19.5 Å². The number of ether oxygens (including phenoxy) is 2. The molecule has 1 aliphatic heterocycles. The van der Waals surface area contributed by atoms with Crippen molar-refractivity contribution < 1.29 is 28.5 Å². The number of aliphatic hydroxyl groups is 2. The number of hydrogen-bond donors (Lipinski definition) is 2. The molecule has 0 saturated carbocycles. The summed E-state index contributed by atoms with van der Waals surface area (Å²) in [6.07, 6.45) is 2.93. The Morgan fingerprint density at radius 2 is 1.87 bits per heavy atom. The second-order valence-electron chi connectivity index (χ2n) is 11.9. The summed E-state index contributed by atoms with van der Waals surface area (Å²) < 4.78 is 33.7. The molecular weight excluding hydrogens is 591 g/mol. The summed E-state index contributed by atoms with van der Waals surface area (Å²) >= 11 is 0. The Morgan fingerprint density at radius 3 is 2.65 bits per heavy atom. The average molecular weight is 627 g/mol. The van der Waals surface area contributed by atoms with E-state index in [4.69, 9.17) is 13.9 Å². The van der Waals surface area contributed by atoms with Crippen molar-refractivity contribution >= 4 is 11.1 Å². The van der Waals surface area contributed by atoms with Gasteiger partial charge in [-0.3, -0.25) is 9.69 Å². The summed E-state index contributed by atoms with van der Waals surface area (Å²) in [5.41, 5.74) is 5.97. The van der Waals surface area contributed by atoms with Gasteiger partial charge in [0.2, 0.25) is 17.7 Å². The number of oxazole rings is 1. The highest BCUT2D eigenvalue weighted by molar-refractivity contribution is 5.81. The molecule has 2 aromatic carbocycles. The van der Waals surface area contributed by atoms with Gasteiger partial charge in [0.1, 0.15) is 6.10 Å². The van der Waals surface area contributed by atoms with E-state index >= 15 is 0 Å². The van der Waals surface area contributed by atoms with Crippen molar-refractivity contribution in [2.24, 2.45) is 0 Å². The Kier molecular flexibility index (Phi) is 8.06. The van der Waals surface area contributed by atoms with Crippen molar-refractivity contribution in [1.82, 2.24) is 19.4 Å².